The van der Waals surface area contributed by atoms with Gasteiger partial charge in [-0.25, -0.2) is 0 Å². The number of hydrogen-bond acceptors (Lipinski definition) is 14. The molecule has 1 aliphatic heterocycles. The van der Waals surface area contributed by atoms with E-state index in [-0.39, 0.29) is 49.8 Å². The van der Waals surface area contributed by atoms with Gasteiger partial charge in [-0.3, -0.25) is 49.1 Å². The Morgan fingerprint density at radius 3 is 2.16 bits per heavy atom. The van der Waals surface area contributed by atoms with Gasteiger partial charge in [-0.2, -0.15) is 0 Å². The molecule has 1 aliphatic rings. The fourth-order valence-corrected chi connectivity index (χ4v) is 5.80. The first-order valence-electron chi connectivity index (χ1n) is 16.7. The maximum atomic E-state index is 12.9. The molecule has 0 aromatic carbocycles. The van der Waals surface area contributed by atoms with Gasteiger partial charge in [0.15, 0.2) is 5.78 Å². The molecule has 1 heterocycles. The van der Waals surface area contributed by atoms with E-state index in [0.29, 0.717) is 52.2 Å². The Balaban J connectivity index is 2.27. The maximum Gasteiger partial charge on any atom is 0.243 e. The smallest absolute Gasteiger partial charge is 0.243 e. The molecule has 19 heteroatoms. The lowest BCUT2D eigenvalue weighted by Gasteiger charge is -2.29. The number of nitrogens with one attached hydrogen (secondary N) is 4. The van der Waals surface area contributed by atoms with Crippen LogP contribution in [0.4, 0.5) is 0 Å². The van der Waals surface area contributed by atoms with E-state index in [1.165, 1.54) is 0 Å². The quantitative estimate of drug-likeness (QED) is 0.0225. The van der Waals surface area contributed by atoms with Gasteiger partial charge >= 0.3 is 0 Å². The van der Waals surface area contributed by atoms with Crippen molar-refractivity contribution in [3.05, 3.63) is 0 Å². The Morgan fingerprint density at radius 2 is 1.56 bits per heavy atom. The van der Waals surface area contributed by atoms with Crippen molar-refractivity contribution in [3.8, 4) is 0 Å². The van der Waals surface area contributed by atoms with Crippen molar-refractivity contribution in [2.24, 2.45) is 22.9 Å². The van der Waals surface area contributed by atoms with Gasteiger partial charge in [0.25, 0.3) is 0 Å². The first kappa shape index (κ1) is 44.8. The van der Waals surface area contributed by atoms with Gasteiger partial charge in [0.1, 0.15) is 6.54 Å². The van der Waals surface area contributed by atoms with E-state index in [1.807, 2.05) is 13.8 Å². The van der Waals surface area contributed by atoms with E-state index in [9.17, 15) is 33.6 Å². The number of amides is 6. The van der Waals surface area contributed by atoms with E-state index in [2.05, 4.69) is 21.3 Å². The highest BCUT2D eigenvalue weighted by Gasteiger charge is 2.40. The second kappa shape index (κ2) is 22.6. The van der Waals surface area contributed by atoms with Crippen molar-refractivity contribution in [2.45, 2.75) is 94.8 Å². The average molecular weight is 732 g/mol. The topological polar surface area (TPSA) is 293 Å². The summed E-state index contributed by atoms with van der Waals surface area (Å²) < 4.78 is 10.9. The Labute approximate surface area is 297 Å². The summed E-state index contributed by atoms with van der Waals surface area (Å²) in [5.41, 5.74) is 20.8. The van der Waals surface area contributed by atoms with Crippen LogP contribution in [0.5, 0.6) is 0 Å². The lowest BCUT2D eigenvalue weighted by atomic mass is 9.93. The van der Waals surface area contributed by atoms with Gasteiger partial charge < -0.3 is 43.0 Å². The van der Waals surface area contributed by atoms with E-state index in [0.717, 1.165) is 16.7 Å². The molecule has 1 fully saturated rings. The van der Waals surface area contributed by atoms with Gasteiger partial charge in [0, 0.05) is 44.6 Å². The molecule has 286 valence electrons. The van der Waals surface area contributed by atoms with Crippen LogP contribution < -0.4 is 44.2 Å². The number of nitrogens with zero attached hydrogens (tertiary/aromatic N) is 1. The lowest BCUT2D eigenvalue weighted by Crippen LogP contribution is -2.55. The molecular formula is C31H57N9O9S. The Morgan fingerprint density at radius 1 is 0.920 bits per heavy atom. The molecular weight excluding hydrogens is 674 g/mol. The summed E-state index contributed by atoms with van der Waals surface area (Å²) >= 11 is 1.06. The monoisotopic (exact) mass is 731 g/mol. The van der Waals surface area contributed by atoms with Crippen molar-refractivity contribution < 1.29 is 43.0 Å². The Hall–Kier alpha value is -3.20. The number of hydrogen-bond donors (Lipinski definition) is 8. The lowest BCUT2D eigenvalue weighted by molar-refractivity contribution is -0.141. The molecule has 18 nitrogen and oxygen atoms in total. The third-order valence-corrected chi connectivity index (χ3v) is 8.79. The van der Waals surface area contributed by atoms with Crippen LogP contribution in [-0.2, 0) is 43.0 Å². The van der Waals surface area contributed by atoms with Crippen molar-refractivity contribution >= 4 is 53.0 Å². The minimum atomic E-state index is -1.13. The maximum absolute atomic E-state index is 12.9. The Kier molecular flexibility index (Phi) is 20.2. The molecule has 3 unspecified atom stereocenters. The predicted octanol–water partition coefficient (Wildman–Crippen LogP) is -3.05. The number of rotatable bonds is 28. The number of carbonyl (C=O) groups is 7. The molecule has 6 amide bonds. The summed E-state index contributed by atoms with van der Waals surface area (Å²) in [7, 11) is 0. The molecule has 50 heavy (non-hydrogen) atoms. The highest BCUT2D eigenvalue weighted by Crippen LogP contribution is 2.25. The number of thioether (sulfide) groups is 1. The number of imide groups is 1. The molecule has 0 bridgehead atoms. The number of primary amides is 2. The number of ether oxygens (including phenoxy) is 2. The van der Waals surface area contributed by atoms with E-state index < -0.39 is 64.6 Å². The van der Waals surface area contributed by atoms with E-state index in [4.69, 9.17) is 32.4 Å². The Bertz CT molecular complexity index is 1170. The molecule has 0 aromatic heterocycles. The minimum absolute atomic E-state index is 0.0258. The zero-order valence-electron chi connectivity index (χ0n) is 29.7. The minimum Gasteiger partial charge on any atom is -0.378 e. The van der Waals surface area contributed by atoms with Gasteiger partial charge in [0.2, 0.25) is 35.4 Å². The third-order valence-electron chi connectivity index (χ3n) is 7.47. The SMILES string of the molecule is CC(C)(N)NCCOCCOCCNC(=O)CCC(=O)C(C)(C)NC(CCCCNC(=O)C(N)CSC1CC(=O)N(CC(N)=O)C1=O)C(N)=O. The molecule has 1 rings (SSSR count). The molecule has 0 aromatic rings. The zero-order valence-corrected chi connectivity index (χ0v) is 30.5. The number of carbonyl (C=O) groups excluding carboxylic acids is 7. The van der Waals surface area contributed by atoms with Crippen LogP contribution in [0.1, 0.15) is 66.2 Å². The summed E-state index contributed by atoms with van der Waals surface area (Å²) in [6.45, 7) is 9.23. The highest BCUT2D eigenvalue weighted by molar-refractivity contribution is 8.00. The molecule has 0 aliphatic carbocycles. The normalized spacial score (nSPS) is 16.3. The molecule has 0 radical (unpaired) electrons. The van der Waals surface area contributed by atoms with E-state index >= 15 is 0 Å². The number of nitrogens with two attached hydrogens (primary N) is 4. The van der Waals surface area contributed by atoms with Crippen LogP contribution in [0, 0.1) is 0 Å². The largest absolute Gasteiger partial charge is 0.378 e. The molecule has 12 N–H and O–H groups in total. The van der Waals surface area contributed by atoms with Gasteiger partial charge in [-0.05, 0) is 47.0 Å². The van der Waals surface area contributed by atoms with Crippen molar-refractivity contribution in [2.75, 3.05) is 58.4 Å². The third kappa shape index (κ3) is 18.7. The first-order chi connectivity index (χ1) is 23.3. The molecule has 0 saturated carbocycles. The average Bonchev–Trinajstić information content (AvgIpc) is 3.28. The highest BCUT2D eigenvalue weighted by atomic mass is 32.2. The summed E-state index contributed by atoms with van der Waals surface area (Å²) in [6, 6.07) is -1.76. The van der Waals surface area contributed by atoms with Crippen LogP contribution in [0.3, 0.4) is 0 Å². The van der Waals surface area contributed by atoms with Crippen LogP contribution >= 0.6 is 11.8 Å². The van der Waals surface area contributed by atoms with Gasteiger partial charge in [0.05, 0.1) is 55.0 Å². The zero-order chi connectivity index (χ0) is 37.9. The number of unbranched alkanes of at least 4 members (excludes halogenated alkanes) is 1. The van der Waals surface area contributed by atoms with Crippen LogP contribution in [0.25, 0.3) is 0 Å². The summed E-state index contributed by atoms with van der Waals surface area (Å²) in [5.74, 6) is -3.40. The fraction of sp³-hybridized carbons (Fsp3) is 0.774. The van der Waals surface area contributed by atoms with Gasteiger partial charge in [-0.1, -0.05) is 0 Å². The van der Waals surface area contributed by atoms with Crippen molar-refractivity contribution in [1.29, 1.82) is 0 Å². The summed E-state index contributed by atoms with van der Waals surface area (Å²) in [4.78, 5) is 85.8. The summed E-state index contributed by atoms with van der Waals surface area (Å²) in [6.07, 6.45) is 1.12. The van der Waals surface area contributed by atoms with E-state index in [1.54, 1.807) is 13.8 Å². The van der Waals surface area contributed by atoms with Gasteiger partial charge in [-0.15, -0.1) is 11.8 Å². The fourth-order valence-electron chi connectivity index (χ4n) is 4.68. The molecule has 3 atom stereocenters. The number of likely N-dealkylation sites (tertiary alicyclic amines) is 1. The van der Waals surface area contributed by atoms with Crippen LogP contribution in [-0.4, -0.2) is 133 Å². The molecule has 1 saturated heterocycles. The van der Waals surface area contributed by atoms with Crippen molar-refractivity contribution in [3.63, 3.8) is 0 Å². The van der Waals surface area contributed by atoms with Crippen molar-refractivity contribution in [1.82, 2.24) is 26.2 Å². The number of Topliss-reactive ketones (excluding diaryl/α,β-unsaturated/α-hetero) is 1. The first-order valence-corrected chi connectivity index (χ1v) is 17.7. The molecule has 0 spiro atoms. The van der Waals surface area contributed by atoms with Crippen LogP contribution in [0.2, 0.25) is 0 Å². The summed E-state index contributed by atoms with van der Waals surface area (Å²) in [5, 5.41) is 10.8. The predicted molar refractivity (Wildman–Crippen MR) is 187 cm³/mol. The van der Waals surface area contributed by atoms with Crippen LogP contribution in [0.15, 0.2) is 0 Å². The second-order valence-corrected chi connectivity index (χ2v) is 14.3. The second-order valence-electron chi connectivity index (χ2n) is 13.1. The number of ketones is 1. The standard InChI is InChI=1S/C31H57N9O9S/c1-30(2,23(41)8-9-25(43)36-11-13-48-15-16-49-14-12-38-31(3,4)35)39-21(27(34)45)7-5-6-10-37-28(46)20(32)19-50-22-17-26(44)40(29(22)47)18-24(33)42/h20-22,38-39H,5-19,32,35H2,1-4H3,(H2,33,42)(H2,34,45)(H,36,43)(H,37,46).